The van der Waals surface area contributed by atoms with Crippen molar-refractivity contribution in [2.45, 2.75) is 0 Å². The molecule has 1 aliphatic heterocycles. The zero-order valence-corrected chi connectivity index (χ0v) is 17.5. The summed E-state index contributed by atoms with van der Waals surface area (Å²) < 4.78 is 6.34. The van der Waals surface area contributed by atoms with E-state index in [2.05, 4.69) is 21.2 Å². The molecule has 0 aliphatic carbocycles. The van der Waals surface area contributed by atoms with Crippen LogP contribution in [-0.4, -0.2) is 34.7 Å². The summed E-state index contributed by atoms with van der Waals surface area (Å²) in [6.07, 6.45) is 1.75. The number of amides is 2. The molecule has 2 aromatic carbocycles. The van der Waals surface area contributed by atoms with Crippen molar-refractivity contribution in [3.63, 3.8) is 0 Å². The van der Waals surface area contributed by atoms with Gasteiger partial charge < -0.3 is 10.1 Å². The normalized spacial score (nSPS) is 15.3. The van der Waals surface area contributed by atoms with Crippen LogP contribution < -0.4 is 10.1 Å². The molecule has 1 saturated heterocycles. The van der Waals surface area contributed by atoms with Gasteiger partial charge in [-0.05, 0) is 42.0 Å². The summed E-state index contributed by atoms with van der Waals surface area (Å²) in [5.74, 6) is 0.157. The highest BCUT2D eigenvalue weighted by Crippen LogP contribution is 2.32. The monoisotopic (exact) mass is 462 g/mol. The van der Waals surface area contributed by atoms with Gasteiger partial charge in [0.25, 0.3) is 5.91 Å². The van der Waals surface area contributed by atoms with Crippen molar-refractivity contribution in [2.24, 2.45) is 0 Å². The number of thiocarbonyl (C=S) groups is 1. The topological polar surface area (TPSA) is 58.6 Å². The Balaban J connectivity index is 1.68. The van der Waals surface area contributed by atoms with Crippen LogP contribution in [0.3, 0.4) is 0 Å². The standard InChI is InChI=1S/C19H15BrN2O3S2/c1-25-15-7-5-12(6-8-15)9-16-18(24)22(19(26)27-16)11-17(23)21-14-4-2-3-13(20)10-14/h2-10H,11H2,1H3,(H,21,23). The molecule has 0 spiro atoms. The van der Waals surface area contributed by atoms with Crippen molar-refractivity contribution >= 4 is 67.8 Å². The van der Waals surface area contributed by atoms with Crippen molar-refractivity contribution in [1.82, 2.24) is 4.90 Å². The molecule has 8 heteroatoms. The Morgan fingerprint density at radius 1 is 1.30 bits per heavy atom. The number of nitrogens with one attached hydrogen (secondary N) is 1. The summed E-state index contributed by atoms with van der Waals surface area (Å²) in [5, 5.41) is 2.76. The summed E-state index contributed by atoms with van der Waals surface area (Å²) in [7, 11) is 1.60. The molecule has 0 unspecified atom stereocenters. The van der Waals surface area contributed by atoms with Crippen LogP contribution in [0.15, 0.2) is 57.9 Å². The van der Waals surface area contributed by atoms with Crippen molar-refractivity contribution in [1.29, 1.82) is 0 Å². The van der Waals surface area contributed by atoms with Crippen LogP contribution in [0.4, 0.5) is 5.69 Å². The Morgan fingerprint density at radius 3 is 2.70 bits per heavy atom. The van der Waals surface area contributed by atoms with Gasteiger partial charge in [-0.15, -0.1) is 0 Å². The average Bonchev–Trinajstić information content (AvgIpc) is 2.90. The van der Waals surface area contributed by atoms with Crippen molar-refractivity contribution in [3.8, 4) is 5.75 Å². The molecule has 0 aromatic heterocycles. The minimum absolute atomic E-state index is 0.128. The molecular formula is C19H15BrN2O3S2. The molecule has 0 radical (unpaired) electrons. The van der Waals surface area contributed by atoms with Crippen LogP contribution in [0.5, 0.6) is 5.75 Å². The van der Waals surface area contributed by atoms with Crippen LogP contribution in [0.1, 0.15) is 5.56 Å². The number of carbonyl (C=O) groups excluding carboxylic acids is 2. The van der Waals surface area contributed by atoms with E-state index >= 15 is 0 Å². The Morgan fingerprint density at radius 2 is 2.04 bits per heavy atom. The van der Waals surface area contributed by atoms with Crippen LogP contribution in [0.25, 0.3) is 6.08 Å². The molecule has 5 nitrogen and oxygen atoms in total. The first-order chi connectivity index (χ1) is 13.0. The largest absolute Gasteiger partial charge is 0.497 e. The smallest absolute Gasteiger partial charge is 0.266 e. The first kappa shape index (κ1) is 19.6. The maximum atomic E-state index is 12.6. The van der Waals surface area contributed by atoms with Crippen molar-refractivity contribution < 1.29 is 14.3 Å². The Bertz CT molecular complexity index is 929. The summed E-state index contributed by atoms with van der Waals surface area (Å²) in [6.45, 7) is -0.128. The van der Waals surface area contributed by atoms with Gasteiger partial charge in [-0.3, -0.25) is 14.5 Å². The second-order valence-corrected chi connectivity index (χ2v) is 8.19. The van der Waals surface area contributed by atoms with Gasteiger partial charge in [0, 0.05) is 10.2 Å². The summed E-state index contributed by atoms with van der Waals surface area (Å²) >= 11 is 9.81. The first-order valence-corrected chi connectivity index (χ1v) is 9.93. The fourth-order valence-corrected chi connectivity index (χ4v) is 4.05. The average molecular weight is 463 g/mol. The second-order valence-electron chi connectivity index (χ2n) is 5.60. The molecule has 1 fully saturated rings. The number of hydrogen-bond acceptors (Lipinski definition) is 5. The third-order valence-electron chi connectivity index (χ3n) is 3.70. The Kier molecular flexibility index (Phi) is 6.30. The minimum atomic E-state index is -0.310. The minimum Gasteiger partial charge on any atom is -0.497 e. The maximum Gasteiger partial charge on any atom is 0.266 e. The van der Waals surface area contributed by atoms with Crippen LogP contribution >= 0.6 is 39.9 Å². The molecule has 1 heterocycles. The van der Waals surface area contributed by atoms with Gasteiger partial charge in [0.15, 0.2) is 0 Å². The van der Waals surface area contributed by atoms with E-state index in [4.69, 9.17) is 17.0 Å². The highest BCUT2D eigenvalue weighted by Gasteiger charge is 2.33. The van der Waals surface area contributed by atoms with E-state index in [-0.39, 0.29) is 18.4 Å². The number of ether oxygens (including phenoxy) is 1. The maximum absolute atomic E-state index is 12.6. The van der Waals surface area contributed by atoms with Gasteiger partial charge >= 0.3 is 0 Å². The van der Waals surface area contributed by atoms with Gasteiger partial charge in [-0.25, -0.2) is 0 Å². The van der Waals surface area contributed by atoms with Gasteiger partial charge in [0.2, 0.25) is 5.91 Å². The van der Waals surface area contributed by atoms with E-state index < -0.39 is 0 Å². The SMILES string of the molecule is COc1ccc(C=C2SC(=S)N(CC(=O)Nc3cccc(Br)c3)C2=O)cc1. The van der Waals surface area contributed by atoms with E-state index in [0.717, 1.165) is 15.8 Å². The number of halogens is 1. The molecular weight excluding hydrogens is 448 g/mol. The van der Waals surface area contributed by atoms with Crippen LogP contribution in [-0.2, 0) is 9.59 Å². The third-order valence-corrected chi connectivity index (χ3v) is 5.57. The highest BCUT2D eigenvalue weighted by molar-refractivity contribution is 9.10. The predicted molar refractivity (Wildman–Crippen MR) is 116 cm³/mol. The van der Waals surface area contributed by atoms with Crippen LogP contribution in [0, 0.1) is 0 Å². The number of methoxy groups -OCH3 is 1. The van der Waals surface area contributed by atoms with Crippen LogP contribution in [0.2, 0.25) is 0 Å². The number of anilines is 1. The lowest BCUT2D eigenvalue weighted by Gasteiger charge is -2.14. The number of benzene rings is 2. The quantitative estimate of drug-likeness (QED) is 0.530. The fraction of sp³-hybridized carbons (Fsp3) is 0.105. The predicted octanol–water partition coefficient (Wildman–Crippen LogP) is 4.30. The van der Waals surface area contributed by atoms with Gasteiger partial charge in [-0.1, -0.05) is 58.1 Å². The zero-order valence-electron chi connectivity index (χ0n) is 14.3. The number of hydrogen-bond donors (Lipinski definition) is 1. The summed E-state index contributed by atoms with van der Waals surface area (Å²) in [5.41, 5.74) is 1.50. The molecule has 0 atom stereocenters. The number of thioether (sulfide) groups is 1. The fourth-order valence-electron chi connectivity index (χ4n) is 2.40. The lowest BCUT2D eigenvalue weighted by atomic mass is 10.2. The Labute approximate surface area is 174 Å². The molecule has 138 valence electrons. The van der Waals surface area contributed by atoms with E-state index in [1.54, 1.807) is 25.3 Å². The molecule has 3 rings (SSSR count). The molecule has 2 amide bonds. The third kappa shape index (κ3) is 4.97. The molecule has 27 heavy (non-hydrogen) atoms. The van der Waals surface area contributed by atoms with E-state index in [1.807, 2.05) is 36.4 Å². The summed E-state index contributed by atoms with van der Waals surface area (Å²) in [4.78, 5) is 26.7. The number of carbonyl (C=O) groups is 2. The second kappa shape index (κ2) is 8.69. The highest BCUT2D eigenvalue weighted by atomic mass is 79.9. The molecule has 2 aromatic rings. The lowest BCUT2D eigenvalue weighted by molar-refractivity contribution is -0.126. The van der Waals surface area contributed by atoms with Crippen molar-refractivity contribution in [2.75, 3.05) is 19.0 Å². The van der Waals surface area contributed by atoms with E-state index in [9.17, 15) is 9.59 Å². The molecule has 0 saturated carbocycles. The van der Waals surface area contributed by atoms with E-state index in [1.165, 1.54) is 16.7 Å². The van der Waals surface area contributed by atoms with E-state index in [0.29, 0.717) is 14.9 Å². The molecule has 0 bridgehead atoms. The summed E-state index contributed by atoms with van der Waals surface area (Å²) in [6, 6.07) is 14.6. The van der Waals surface area contributed by atoms with Gasteiger partial charge in [-0.2, -0.15) is 0 Å². The number of nitrogens with zero attached hydrogens (tertiary/aromatic N) is 1. The molecule has 1 N–H and O–H groups in total. The van der Waals surface area contributed by atoms with Gasteiger partial charge in [0.05, 0.1) is 12.0 Å². The molecule has 1 aliphatic rings. The lowest BCUT2D eigenvalue weighted by Crippen LogP contribution is -2.36. The van der Waals surface area contributed by atoms with Crippen molar-refractivity contribution in [3.05, 3.63) is 63.5 Å². The Hall–Kier alpha value is -2.16. The first-order valence-electron chi connectivity index (χ1n) is 7.91. The zero-order chi connectivity index (χ0) is 19.4. The number of rotatable bonds is 5. The van der Waals surface area contributed by atoms with Gasteiger partial charge in [0.1, 0.15) is 16.6 Å².